The number of amides is 1. The number of nitrogens with one attached hydrogen (secondary N) is 1. The molecule has 32 heavy (non-hydrogen) atoms. The van der Waals surface area contributed by atoms with E-state index in [-0.39, 0.29) is 19.1 Å². The molecule has 1 aromatic heterocycles. The quantitative estimate of drug-likeness (QED) is 0.533. The molecule has 0 saturated heterocycles. The van der Waals surface area contributed by atoms with Crippen LogP contribution in [0.25, 0.3) is 5.57 Å². The van der Waals surface area contributed by atoms with Crippen molar-refractivity contribution in [3.05, 3.63) is 76.5 Å². The van der Waals surface area contributed by atoms with Crippen molar-refractivity contribution in [1.82, 2.24) is 15.5 Å². The maximum atomic E-state index is 12.3. The van der Waals surface area contributed by atoms with Crippen molar-refractivity contribution in [3.8, 4) is 11.5 Å². The van der Waals surface area contributed by atoms with E-state index in [1.165, 1.54) is 0 Å². The van der Waals surface area contributed by atoms with Crippen LogP contribution in [0.4, 0.5) is 0 Å². The molecule has 1 aliphatic carbocycles. The minimum Gasteiger partial charge on any atom is -0.484 e. The first kappa shape index (κ1) is 21.9. The lowest BCUT2D eigenvalue weighted by molar-refractivity contribution is -0.124. The van der Waals surface area contributed by atoms with Gasteiger partial charge in [-0.05, 0) is 56.7 Å². The van der Waals surface area contributed by atoms with Gasteiger partial charge in [0, 0.05) is 17.0 Å². The lowest BCUT2D eigenvalue weighted by atomic mass is 9.80. The largest absolute Gasteiger partial charge is 0.484 e. The summed E-state index contributed by atoms with van der Waals surface area (Å²) in [6.07, 6.45) is 2.49. The van der Waals surface area contributed by atoms with Gasteiger partial charge in [-0.2, -0.15) is 0 Å². The van der Waals surface area contributed by atoms with Gasteiger partial charge in [-0.1, -0.05) is 35.4 Å². The van der Waals surface area contributed by atoms with E-state index in [4.69, 9.17) is 25.5 Å². The summed E-state index contributed by atoms with van der Waals surface area (Å²) in [5.74, 6) is 1.96. The third-order valence-corrected chi connectivity index (χ3v) is 5.52. The Labute approximate surface area is 191 Å². The number of hydrogen-bond donors (Lipinski definition) is 1. The zero-order valence-corrected chi connectivity index (χ0v) is 18.9. The average molecular weight is 454 g/mol. The van der Waals surface area contributed by atoms with Crippen molar-refractivity contribution in [2.45, 2.75) is 39.3 Å². The number of nitrogens with zero attached hydrogens (tertiary/aromatic N) is 2. The van der Waals surface area contributed by atoms with Crippen molar-refractivity contribution >= 4 is 23.1 Å². The number of rotatable bonds is 8. The normalized spacial score (nSPS) is 17.3. The average Bonchev–Trinajstić information content (AvgIpc) is 3.21. The minimum absolute atomic E-state index is 0.0824. The summed E-state index contributed by atoms with van der Waals surface area (Å²) in [5, 5.41) is 11.8. The second-order valence-corrected chi connectivity index (χ2v) is 8.52. The summed E-state index contributed by atoms with van der Waals surface area (Å²) in [6.45, 7) is 5.94. The molecule has 1 aliphatic rings. The van der Waals surface area contributed by atoms with Crippen LogP contribution in [0.5, 0.6) is 11.5 Å². The Morgan fingerprint density at radius 3 is 2.56 bits per heavy atom. The van der Waals surface area contributed by atoms with E-state index >= 15 is 0 Å². The standard InChI is InChI=1S/C24H24ClN3O4/c1-15-4-6-18(7-5-15)31-14-22-27-28-23(32-22)17-11-24(3,12-17)26-21(29)13-30-19-8-9-20(25)16(2)10-19/h4-11H,12-14H2,1-3H3,(H,26,29). The molecule has 0 saturated carbocycles. The van der Waals surface area contributed by atoms with Gasteiger partial charge >= 0.3 is 0 Å². The maximum Gasteiger partial charge on any atom is 0.258 e. The Balaban J connectivity index is 1.27. The van der Waals surface area contributed by atoms with E-state index in [9.17, 15) is 4.79 Å². The van der Waals surface area contributed by atoms with Crippen molar-refractivity contribution in [3.63, 3.8) is 0 Å². The van der Waals surface area contributed by atoms with Crippen LogP contribution in [0.15, 0.2) is 53.0 Å². The number of carbonyl (C=O) groups is 1. The van der Waals surface area contributed by atoms with Crippen LogP contribution in [0.3, 0.4) is 0 Å². The third-order valence-electron chi connectivity index (χ3n) is 5.10. The predicted octanol–water partition coefficient (Wildman–Crippen LogP) is 4.66. The van der Waals surface area contributed by atoms with Gasteiger partial charge in [0.05, 0.1) is 5.54 Å². The van der Waals surface area contributed by atoms with E-state index in [0.29, 0.717) is 29.0 Å². The number of benzene rings is 2. The fourth-order valence-corrected chi connectivity index (χ4v) is 3.52. The van der Waals surface area contributed by atoms with E-state index in [1.54, 1.807) is 18.2 Å². The smallest absolute Gasteiger partial charge is 0.258 e. The summed E-state index contributed by atoms with van der Waals surface area (Å²) >= 11 is 6.01. The lowest BCUT2D eigenvalue weighted by Gasteiger charge is -2.36. The molecule has 166 valence electrons. The van der Waals surface area contributed by atoms with Gasteiger partial charge in [-0.3, -0.25) is 4.79 Å². The first-order chi connectivity index (χ1) is 15.3. The van der Waals surface area contributed by atoms with Crippen LogP contribution < -0.4 is 14.8 Å². The molecule has 0 spiro atoms. The molecule has 0 fully saturated rings. The monoisotopic (exact) mass is 453 g/mol. The van der Waals surface area contributed by atoms with Crippen molar-refractivity contribution in [1.29, 1.82) is 0 Å². The summed E-state index contributed by atoms with van der Waals surface area (Å²) in [6, 6.07) is 13.0. The Morgan fingerprint density at radius 1 is 1.12 bits per heavy atom. The summed E-state index contributed by atoms with van der Waals surface area (Å²) < 4.78 is 16.9. The predicted molar refractivity (Wildman–Crippen MR) is 121 cm³/mol. The number of carbonyl (C=O) groups excluding carboxylic acids is 1. The lowest BCUT2D eigenvalue weighted by Crippen LogP contribution is -2.50. The zero-order chi connectivity index (χ0) is 22.7. The second kappa shape index (κ2) is 9.04. The topological polar surface area (TPSA) is 86.5 Å². The molecule has 0 radical (unpaired) electrons. The number of ether oxygens (including phenoxy) is 2. The van der Waals surface area contributed by atoms with Crippen LogP contribution in [0, 0.1) is 13.8 Å². The molecular formula is C24H24ClN3O4. The molecule has 8 heteroatoms. The molecular weight excluding hydrogens is 430 g/mol. The van der Waals surface area contributed by atoms with Gasteiger partial charge in [-0.15, -0.1) is 10.2 Å². The highest BCUT2D eigenvalue weighted by Crippen LogP contribution is 2.36. The van der Waals surface area contributed by atoms with Crippen LogP contribution in [-0.2, 0) is 11.4 Å². The van der Waals surface area contributed by atoms with Gasteiger partial charge in [0.1, 0.15) is 11.5 Å². The Kier molecular flexibility index (Phi) is 6.19. The van der Waals surface area contributed by atoms with Crippen LogP contribution in [0.1, 0.15) is 36.3 Å². The molecule has 1 heterocycles. The molecule has 1 amide bonds. The molecule has 1 N–H and O–H groups in total. The number of hydrogen-bond acceptors (Lipinski definition) is 6. The second-order valence-electron chi connectivity index (χ2n) is 8.11. The first-order valence-corrected chi connectivity index (χ1v) is 10.6. The third kappa shape index (κ3) is 5.29. The molecule has 0 bridgehead atoms. The Bertz CT molecular complexity index is 1160. The van der Waals surface area contributed by atoms with E-state index in [0.717, 1.165) is 22.4 Å². The Hall–Kier alpha value is -3.32. The van der Waals surface area contributed by atoms with Crippen molar-refractivity contribution < 1.29 is 18.7 Å². The minimum atomic E-state index is -0.487. The molecule has 3 aromatic rings. The van der Waals surface area contributed by atoms with Gasteiger partial charge in [0.25, 0.3) is 11.8 Å². The van der Waals surface area contributed by atoms with Gasteiger partial charge in [-0.25, -0.2) is 0 Å². The fourth-order valence-electron chi connectivity index (χ4n) is 3.40. The van der Waals surface area contributed by atoms with Crippen LogP contribution in [0.2, 0.25) is 5.02 Å². The molecule has 4 rings (SSSR count). The van der Waals surface area contributed by atoms with Crippen LogP contribution >= 0.6 is 11.6 Å². The fraction of sp³-hybridized carbons (Fsp3) is 0.292. The van der Waals surface area contributed by atoms with E-state index in [2.05, 4.69) is 15.5 Å². The van der Waals surface area contributed by atoms with E-state index < -0.39 is 5.54 Å². The molecule has 2 aromatic carbocycles. The van der Waals surface area contributed by atoms with Crippen molar-refractivity contribution in [2.24, 2.45) is 0 Å². The first-order valence-electron chi connectivity index (χ1n) is 10.2. The summed E-state index contributed by atoms with van der Waals surface area (Å²) in [7, 11) is 0. The highest BCUT2D eigenvalue weighted by Gasteiger charge is 2.36. The highest BCUT2D eigenvalue weighted by molar-refractivity contribution is 6.31. The van der Waals surface area contributed by atoms with Gasteiger partial charge in [0.15, 0.2) is 13.2 Å². The van der Waals surface area contributed by atoms with E-state index in [1.807, 2.05) is 51.1 Å². The SMILES string of the molecule is Cc1ccc(OCc2nnc(C3=CC(C)(NC(=O)COc4ccc(Cl)c(C)c4)C3)o2)cc1. The van der Waals surface area contributed by atoms with Crippen molar-refractivity contribution in [2.75, 3.05) is 6.61 Å². The Morgan fingerprint density at radius 2 is 1.84 bits per heavy atom. The zero-order valence-electron chi connectivity index (χ0n) is 18.1. The summed E-state index contributed by atoms with van der Waals surface area (Å²) in [4.78, 5) is 12.3. The van der Waals surface area contributed by atoms with Crippen LogP contribution in [-0.4, -0.2) is 28.3 Å². The highest BCUT2D eigenvalue weighted by atomic mass is 35.5. The number of aryl methyl sites for hydroxylation is 2. The molecule has 0 aliphatic heterocycles. The number of halogens is 1. The number of aromatic nitrogens is 2. The molecule has 1 unspecified atom stereocenters. The van der Waals surface area contributed by atoms with Gasteiger partial charge in [0.2, 0.25) is 5.89 Å². The molecule has 7 nitrogen and oxygen atoms in total. The maximum absolute atomic E-state index is 12.3. The molecule has 1 atom stereocenters. The van der Waals surface area contributed by atoms with Gasteiger partial charge < -0.3 is 19.2 Å². The summed E-state index contributed by atoms with van der Waals surface area (Å²) in [5.41, 5.74) is 2.46.